The number of rotatable bonds is 47. The van der Waals surface area contributed by atoms with Gasteiger partial charge in [-0.15, -0.1) is 0 Å². The summed E-state index contributed by atoms with van der Waals surface area (Å²) in [6, 6.07) is -1.37. The van der Waals surface area contributed by atoms with Crippen molar-refractivity contribution in [2.24, 2.45) is 0 Å². The van der Waals surface area contributed by atoms with E-state index >= 15 is 0 Å². The van der Waals surface area contributed by atoms with Gasteiger partial charge in [-0.2, -0.15) is 0 Å². The van der Waals surface area contributed by atoms with Crippen LogP contribution in [-0.2, 0) is 52.5 Å². The van der Waals surface area contributed by atoms with E-state index in [0.29, 0.717) is 45.8 Å². The molecular formula is C45H84N6O13. The maximum atomic E-state index is 12.3. The molecule has 2 atom stereocenters. The number of carboxylic acid groups (broad SMARTS) is 2. The largest absolute Gasteiger partial charge is 0.481 e. The Morgan fingerprint density at radius 2 is 0.828 bits per heavy atom. The number of carboxylic acids is 2. The zero-order valence-corrected chi connectivity index (χ0v) is 39.1. The third-order valence-corrected chi connectivity index (χ3v) is 10.3. The first-order valence-electron chi connectivity index (χ1n) is 23.7. The first kappa shape index (κ1) is 60.1. The van der Waals surface area contributed by atoms with Gasteiger partial charge < -0.3 is 61.1 Å². The van der Waals surface area contributed by atoms with Gasteiger partial charge in [-0.3, -0.25) is 28.8 Å². The maximum Gasteiger partial charge on any atom is 0.326 e. The molecule has 0 rings (SSSR count). The van der Waals surface area contributed by atoms with Gasteiger partial charge in [0, 0.05) is 58.8 Å². The van der Waals surface area contributed by atoms with Gasteiger partial charge >= 0.3 is 11.9 Å². The van der Waals surface area contributed by atoms with Crippen LogP contribution < -0.4 is 31.9 Å². The second-order valence-corrected chi connectivity index (χ2v) is 15.8. The summed E-state index contributed by atoms with van der Waals surface area (Å²) in [4.78, 5) is 82.3. The van der Waals surface area contributed by atoms with Crippen molar-refractivity contribution in [2.45, 2.75) is 160 Å². The summed E-state index contributed by atoms with van der Waals surface area (Å²) in [5.41, 5.74) is 0. The van der Waals surface area contributed by atoms with E-state index < -0.39 is 18.0 Å². The van der Waals surface area contributed by atoms with Crippen LogP contribution in [0.25, 0.3) is 0 Å². The number of ether oxygens (including phenoxy) is 4. The van der Waals surface area contributed by atoms with E-state index in [0.717, 1.165) is 51.4 Å². The van der Waals surface area contributed by atoms with Crippen molar-refractivity contribution in [3.63, 3.8) is 0 Å². The van der Waals surface area contributed by atoms with E-state index in [1.165, 1.54) is 44.9 Å². The average Bonchev–Trinajstić information content (AvgIpc) is 3.27. The van der Waals surface area contributed by atoms with E-state index in [-0.39, 0.29) is 114 Å². The van der Waals surface area contributed by atoms with Crippen molar-refractivity contribution in [3.05, 3.63) is 0 Å². The molecule has 0 radical (unpaired) electrons. The molecule has 0 aromatic carbocycles. The highest BCUT2D eigenvalue weighted by molar-refractivity contribution is 5.84. The van der Waals surface area contributed by atoms with Crippen molar-refractivity contribution in [3.8, 4) is 0 Å². The molecule has 64 heavy (non-hydrogen) atoms. The summed E-state index contributed by atoms with van der Waals surface area (Å²) in [5, 5.41) is 34.6. The van der Waals surface area contributed by atoms with Crippen molar-refractivity contribution >= 4 is 41.5 Å². The Morgan fingerprint density at radius 1 is 0.406 bits per heavy atom. The molecule has 2 unspecified atom stereocenters. The fraction of sp³-hybridized carbons (Fsp3) is 0.844. The SMILES string of the molecule is CNC(=O)C(CCCCNC(=O)CCOCCOCCNC(=O)CCOCCOCCNC(=O)CCC(NC(=O)CCCCCCCCCCCCCCCCC(=O)O)C(=O)O)NC. The molecule has 0 aliphatic carbocycles. The second-order valence-electron chi connectivity index (χ2n) is 15.8. The van der Waals surface area contributed by atoms with Crippen LogP contribution >= 0.6 is 0 Å². The van der Waals surface area contributed by atoms with E-state index in [4.69, 9.17) is 24.1 Å². The predicted octanol–water partition coefficient (Wildman–Crippen LogP) is 3.36. The average molecular weight is 917 g/mol. The lowest BCUT2D eigenvalue weighted by molar-refractivity contribution is -0.142. The molecule has 0 spiro atoms. The molecule has 0 aromatic heterocycles. The van der Waals surface area contributed by atoms with Gasteiger partial charge in [-0.05, 0) is 45.6 Å². The molecule has 0 saturated heterocycles. The standard InChI is InChI=1S/C45H84N6O13/c1-46-37(44(58)47-2)19-17-18-26-48-40(53)24-29-61-33-36-64-32-28-50-41(54)25-30-62-34-35-63-31-27-49-39(52)23-22-38(45(59)60)51-42(55)20-15-13-11-9-7-5-3-4-6-8-10-12-14-16-21-43(56)57/h37-38,46H,3-36H2,1-2H3,(H,47,58)(H,48,53)(H,49,52)(H,50,54)(H,51,55)(H,56,57)(H,59,60). The molecule has 372 valence electrons. The summed E-state index contributed by atoms with van der Waals surface area (Å²) >= 11 is 0. The molecule has 0 aliphatic rings. The number of carbonyl (C=O) groups excluding carboxylic acids is 5. The van der Waals surface area contributed by atoms with Gasteiger partial charge in [-0.25, -0.2) is 4.79 Å². The lowest BCUT2D eigenvalue weighted by Gasteiger charge is -2.14. The number of hydrogen-bond donors (Lipinski definition) is 8. The fourth-order valence-corrected chi connectivity index (χ4v) is 6.53. The number of unbranched alkanes of at least 4 members (excludes halogenated alkanes) is 14. The number of aliphatic carboxylic acids is 2. The molecule has 0 saturated carbocycles. The van der Waals surface area contributed by atoms with Crippen LogP contribution in [0.2, 0.25) is 0 Å². The Morgan fingerprint density at radius 3 is 1.27 bits per heavy atom. The lowest BCUT2D eigenvalue weighted by atomic mass is 10.0. The second kappa shape index (κ2) is 44.3. The smallest absolute Gasteiger partial charge is 0.326 e. The third kappa shape index (κ3) is 40.8. The minimum absolute atomic E-state index is 0.0165. The van der Waals surface area contributed by atoms with Crippen molar-refractivity contribution in [1.29, 1.82) is 0 Å². The molecule has 0 bridgehead atoms. The number of carbonyl (C=O) groups is 7. The summed E-state index contributed by atoms with van der Waals surface area (Å²) in [6.45, 7) is 3.36. The highest BCUT2D eigenvalue weighted by Gasteiger charge is 2.21. The summed E-state index contributed by atoms with van der Waals surface area (Å²) in [6.07, 6.45) is 18.3. The van der Waals surface area contributed by atoms with E-state index in [2.05, 4.69) is 31.9 Å². The van der Waals surface area contributed by atoms with E-state index in [1.54, 1.807) is 14.1 Å². The van der Waals surface area contributed by atoms with Crippen LogP contribution in [0.4, 0.5) is 0 Å². The molecule has 0 heterocycles. The van der Waals surface area contributed by atoms with Gasteiger partial charge in [0.2, 0.25) is 29.5 Å². The molecule has 19 heteroatoms. The van der Waals surface area contributed by atoms with Gasteiger partial charge in [0.1, 0.15) is 6.04 Å². The Labute approximate surface area is 381 Å². The highest BCUT2D eigenvalue weighted by Crippen LogP contribution is 2.14. The first-order valence-corrected chi connectivity index (χ1v) is 23.7. The zero-order valence-electron chi connectivity index (χ0n) is 39.1. The summed E-state index contributed by atoms with van der Waals surface area (Å²) in [5.74, 6) is -2.87. The third-order valence-electron chi connectivity index (χ3n) is 10.3. The molecule has 8 N–H and O–H groups in total. The minimum Gasteiger partial charge on any atom is -0.481 e. The maximum absolute atomic E-state index is 12.3. The number of nitrogens with one attached hydrogen (secondary N) is 6. The first-order chi connectivity index (χ1) is 31.0. The lowest BCUT2D eigenvalue weighted by Crippen LogP contribution is -2.41. The monoisotopic (exact) mass is 917 g/mol. The molecule has 0 aliphatic heterocycles. The topological polar surface area (TPSA) is 269 Å². The van der Waals surface area contributed by atoms with Crippen LogP contribution in [0.5, 0.6) is 0 Å². The van der Waals surface area contributed by atoms with Crippen molar-refractivity contribution in [2.75, 3.05) is 86.6 Å². The minimum atomic E-state index is -1.18. The van der Waals surface area contributed by atoms with Crippen molar-refractivity contribution in [1.82, 2.24) is 31.9 Å². The molecule has 0 aromatic rings. The summed E-state index contributed by atoms with van der Waals surface area (Å²) < 4.78 is 21.7. The van der Waals surface area contributed by atoms with E-state index in [1.807, 2.05) is 0 Å². The Kier molecular flexibility index (Phi) is 41.6. The van der Waals surface area contributed by atoms with Crippen LogP contribution in [0, 0.1) is 0 Å². The summed E-state index contributed by atoms with van der Waals surface area (Å²) in [7, 11) is 3.35. The van der Waals surface area contributed by atoms with Gasteiger partial charge in [0.05, 0.1) is 58.9 Å². The highest BCUT2D eigenvalue weighted by atomic mass is 16.5. The van der Waals surface area contributed by atoms with Crippen LogP contribution in [-0.4, -0.2) is 150 Å². The Hall–Kier alpha value is -3.91. The van der Waals surface area contributed by atoms with Crippen molar-refractivity contribution < 1.29 is 62.7 Å². The number of hydrogen-bond acceptors (Lipinski definition) is 12. The van der Waals surface area contributed by atoms with Crippen LogP contribution in [0.1, 0.15) is 148 Å². The predicted molar refractivity (Wildman–Crippen MR) is 243 cm³/mol. The molecular weight excluding hydrogens is 833 g/mol. The molecule has 5 amide bonds. The Balaban J connectivity index is 3.63. The molecule has 0 fully saturated rings. The Bertz CT molecular complexity index is 1250. The zero-order chi connectivity index (χ0) is 47.3. The van der Waals surface area contributed by atoms with Gasteiger partial charge in [-0.1, -0.05) is 77.0 Å². The van der Waals surface area contributed by atoms with Crippen LogP contribution in [0.15, 0.2) is 0 Å². The van der Waals surface area contributed by atoms with Gasteiger partial charge in [0.15, 0.2) is 0 Å². The molecule has 19 nitrogen and oxygen atoms in total. The number of amides is 5. The van der Waals surface area contributed by atoms with E-state index in [9.17, 15) is 38.7 Å². The quantitative estimate of drug-likeness (QED) is 0.0407. The van der Waals surface area contributed by atoms with Crippen LogP contribution in [0.3, 0.4) is 0 Å². The normalized spacial score (nSPS) is 12.0. The number of likely N-dealkylation sites (N-methyl/N-ethyl adjacent to an activating group) is 2. The fourth-order valence-electron chi connectivity index (χ4n) is 6.53. The van der Waals surface area contributed by atoms with Gasteiger partial charge in [0.25, 0.3) is 0 Å².